The van der Waals surface area contributed by atoms with Crippen molar-refractivity contribution >= 4 is 17.5 Å². The van der Waals surface area contributed by atoms with Crippen LogP contribution < -0.4 is 5.73 Å². The van der Waals surface area contributed by atoms with Gasteiger partial charge in [-0.15, -0.1) is 0 Å². The van der Waals surface area contributed by atoms with Gasteiger partial charge in [0, 0.05) is 28.5 Å². The van der Waals surface area contributed by atoms with Gasteiger partial charge in [0.15, 0.2) is 0 Å². The third kappa shape index (κ3) is 2.07. The molecular formula is C11H10ClN3. The average Bonchev–Trinajstić information content (AvgIpc) is 2.23. The van der Waals surface area contributed by atoms with Crippen molar-refractivity contribution < 1.29 is 0 Å². The highest BCUT2D eigenvalue weighted by Gasteiger charge is 2.04. The number of halogens is 1. The number of hydrogen-bond acceptors (Lipinski definition) is 3. The number of aryl methyl sites for hydroxylation is 1. The summed E-state index contributed by atoms with van der Waals surface area (Å²) in [5, 5.41) is 0.689. The number of nitrogens with zero attached hydrogens (tertiary/aromatic N) is 2. The van der Waals surface area contributed by atoms with E-state index in [0.29, 0.717) is 5.02 Å². The maximum absolute atomic E-state index is 6.08. The van der Waals surface area contributed by atoms with E-state index in [0.717, 1.165) is 16.7 Å². The molecule has 2 aromatic rings. The highest BCUT2D eigenvalue weighted by molar-refractivity contribution is 6.33. The first-order valence-corrected chi connectivity index (χ1v) is 4.88. The fourth-order valence-corrected chi connectivity index (χ4v) is 1.56. The van der Waals surface area contributed by atoms with E-state index >= 15 is 0 Å². The van der Waals surface area contributed by atoms with Gasteiger partial charge >= 0.3 is 0 Å². The van der Waals surface area contributed by atoms with Crippen molar-refractivity contribution in [3.8, 4) is 11.1 Å². The Hall–Kier alpha value is -1.61. The van der Waals surface area contributed by atoms with E-state index in [1.54, 1.807) is 12.4 Å². The van der Waals surface area contributed by atoms with Gasteiger partial charge in [-0.05, 0) is 19.1 Å². The molecule has 2 N–H and O–H groups in total. The smallest absolute Gasteiger partial charge is 0.219 e. The molecule has 0 aliphatic heterocycles. The number of benzene rings is 1. The first-order chi connectivity index (χ1) is 7.16. The van der Waals surface area contributed by atoms with Crippen molar-refractivity contribution in [3.05, 3.63) is 41.2 Å². The molecule has 0 fully saturated rings. The lowest BCUT2D eigenvalue weighted by molar-refractivity contribution is 1.19. The molecule has 0 amide bonds. The standard InChI is InChI=1S/C11H10ClN3/c1-7-2-3-10(12)9(4-7)8-5-14-11(13)15-6-8/h2-6H,1H3,(H2,13,14,15). The molecule has 2 rings (SSSR count). The zero-order chi connectivity index (χ0) is 10.8. The quantitative estimate of drug-likeness (QED) is 0.802. The monoisotopic (exact) mass is 219 g/mol. The number of nitrogen functional groups attached to an aromatic ring is 1. The summed E-state index contributed by atoms with van der Waals surface area (Å²) >= 11 is 6.08. The predicted octanol–water partition coefficient (Wildman–Crippen LogP) is 2.69. The molecule has 0 aliphatic rings. The minimum absolute atomic E-state index is 0.266. The summed E-state index contributed by atoms with van der Waals surface area (Å²) in [5.41, 5.74) is 8.36. The number of nitrogens with two attached hydrogens (primary N) is 1. The summed E-state index contributed by atoms with van der Waals surface area (Å²) < 4.78 is 0. The van der Waals surface area contributed by atoms with Crippen LogP contribution in [0.1, 0.15) is 5.56 Å². The van der Waals surface area contributed by atoms with Gasteiger partial charge in [0.05, 0.1) is 0 Å². The van der Waals surface area contributed by atoms with Crippen LogP contribution in [-0.4, -0.2) is 9.97 Å². The molecule has 0 unspecified atom stereocenters. The van der Waals surface area contributed by atoms with E-state index in [-0.39, 0.29) is 5.95 Å². The molecule has 0 aliphatic carbocycles. The summed E-state index contributed by atoms with van der Waals surface area (Å²) in [6.45, 7) is 2.01. The van der Waals surface area contributed by atoms with Crippen LogP contribution in [-0.2, 0) is 0 Å². The number of rotatable bonds is 1. The lowest BCUT2D eigenvalue weighted by Crippen LogP contribution is -1.93. The van der Waals surface area contributed by atoms with Crippen LogP contribution in [0.15, 0.2) is 30.6 Å². The summed E-state index contributed by atoms with van der Waals surface area (Å²) in [6, 6.07) is 5.82. The second-order valence-electron chi connectivity index (χ2n) is 3.31. The largest absolute Gasteiger partial charge is 0.368 e. The molecule has 0 spiro atoms. The van der Waals surface area contributed by atoms with E-state index < -0.39 is 0 Å². The fraction of sp³-hybridized carbons (Fsp3) is 0.0909. The molecule has 1 heterocycles. The minimum Gasteiger partial charge on any atom is -0.368 e. The lowest BCUT2D eigenvalue weighted by Gasteiger charge is -2.04. The Morgan fingerprint density at radius 1 is 1.20 bits per heavy atom. The Morgan fingerprint density at radius 2 is 1.87 bits per heavy atom. The lowest BCUT2D eigenvalue weighted by atomic mass is 10.1. The number of aromatic nitrogens is 2. The van der Waals surface area contributed by atoms with Crippen LogP contribution in [0.5, 0.6) is 0 Å². The van der Waals surface area contributed by atoms with Crippen LogP contribution in [0.4, 0.5) is 5.95 Å². The van der Waals surface area contributed by atoms with E-state index in [4.69, 9.17) is 17.3 Å². The second kappa shape index (κ2) is 3.87. The Kier molecular flexibility index (Phi) is 2.56. The van der Waals surface area contributed by atoms with Gasteiger partial charge in [0.2, 0.25) is 5.95 Å². The summed E-state index contributed by atoms with van der Waals surface area (Å²) in [6.07, 6.45) is 3.34. The molecular weight excluding hydrogens is 210 g/mol. The molecule has 3 nitrogen and oxygen atoms in total. The molecule has 1 aromatic carbocycles. The third-order valence-electron chi connectivity index (χ3n) is 2.10. The Labute approximate surface area is 92.9 Å². The zero-order valence-corrected chi connectivity index (χ0v) is 8.99. The third-order valence-corrected chi connectivity index (χ3v) is 2.43. The average molecular weight is 220 g/mol. The first kappa shape index (κ1) is 9.93. The molecule has 1 aromatic heterocycles. The molecule has 0 saturated heterocycles. The van der Waals surface area contributed by atoms with Gasteiger partial charge < -0.3 is 5.73 Å². The number of hydrogen-bond donors (Lipinski definition) is 1. The van der Waals surface area contributed by atoms with E-state index in [2.05, 4.69) is 9.97 Å². The topological polar surface area (TPSA) is 51.8 Å². The van der Waals surface area contributed by atoms with E-state index in [1.165, 1.54) is 0 Å². The van der Waals surface area contributed by atoms with Crippen molar-refractivity contribution in [1.29, 1.82) is 0 Å². The van der Waals surface area contributed by atoms with Crippen LogP contribution >= 0.6 is 11.6 Å². The second-order valence-corrected chi connectivity index (χ2v) is 3.72. The van der Waals surface area contributed by atoms with Crippen molar-refractivity contribution in [2.75, 3.05) is 5.73 Å². The predicted molar refractivity (Wildman–Crippen MR) is 61.6 cm³/mol. The molecule has 0 bridgehead atoms. The van der Waals surface area contributed by atoms with E-state index in [9.17, 15) is 0 Å². The molecule has 0 saturated carbocycles. The Morgan fingerprint density at radius 3 is 2.53 bits per heavy atom. The molecule has 15 heavy (non-hydrogen) atoms. The zero-order valence-electron chi connectivity index (χ0n) is 8.24. The summed E-state index contributed by atoms with van der Waals surface area (Å²) in [7, 11) is 0. The fourth-order valence-electron chi connectivity index (χ4n) is 1.34. The van der Waals surface area contributed by atoms with Crippen LogP contribution in [0.2, 0.25) is 5.02 Å². The van der Waals surface area contributed by atoms with Crippen molar-refractivity contribution in [3.63, 3.8) is 0 Å². The Bertz CT molecular complexity index is 480. The highest BCUT2D eigenvalue weighted by Crippen LogP contribution is 2.27. The molecule has 4 heteroatoms. The number of anilines is 1. The van der Waals surface area contributed by atoms with Gasteiger partial charge in [0.25, 0.3) is 0 Å². The minimum atomic E-state index is 0.266. The normalized spacial score (nSPS) is 10.3. The molecule has 0 radical (unpaired) electrons. The highest BCUT2D eigenvalue weighted by atomic mass is 35.5. The van der Waals surface area contributed by atoms with Gasteiger partial charge in [-0.2, -0.15) is 0 Å². The van der Waals surface area contributed by atoms with Crippen LogP contribution in [0.25, 0.3) is 11.1 Å². The maximum Gasteiger partial charge on any atom is 0.219 e. The van der Waals surface area contributed by atoms with Crippen molar-refractivity contribution in [2.24, 2.45) is 0 Å². The summed E-state index contributed by atoms with van der Waals surface area (Å²) in [5.74, 6) is 0.266. The molecule has 0 atom stereocenters. The Balaban J connectivity index is 2.53. The van der Waals surface area contributed by atoms with Gasteiger partial charge in [-0.3, -0.25) is 0 Å². The molecule has 76 valence electrons. The van der Waals surface area contributed by atoms with Crippen LogP contribution in [0.3, 0.4) is 0 Å². The van der Waals surface area contributed by atoms with Crippen molar-refractivity contribution in [1.82, 2.24) is 9.97 Å². The van der Waals surface area contributed by atoms with Gasteiger partial charge in [0.1, 0.15) is 0 Å². The van der Waals surface area contributed by atoms with Crippen molar-refractivity contribution in [2.45, 2.75) is 6.92 Å². The van der Waals surface area contributed by atoms with Crippen LogP contribution in [0, 0.1) is 6.92 Å². The first-order valence-electron chi connectivity index (χ1n) is 4.51. The maximum atomic E-state index is 6.08. The van der Waals surface area contributed by atoms with E-state index in [1.807, 2.05) is 25.1 Å². The van der Waals surface area contributed by atoms with Gasteiger partial charge in [-0.25, -0.2) is 9.97 Å². The van der Waals surface area contributed by atoms with Gasteiger partial charge in [-0.1, -0.05) is 23.2 Å². The summed E-state index contributed by atoms with van der Waals surface area (Å²) in [4.78, 5) is 7.87. The SMILES string of the molecule is Cc1ccc(Cl)c(-c2cnc(N)nc2)c1.